The highest BCUT2D eigenvalue weighted by Gasteiger charge is 2.13. The highest BCUT2D eigenvalue weighted by Crippen LogP contribution is 2.29. The zero-order valence-corrected chi connectivity index (χ0v) is 14.3. The van der Waals surface area contributed by atoms with Gasteiger partial charge in [0.2, 0.25) is 0 Å². The van der Waals surface area contributed by atoms with Crippen molar-refractivity contribution in [2.24, 2.45) is 0 Å². The van der Waals surface area contributed by atoms with E-state index in [1.54, 1.807) is 38.1 Å². The average molecular weight is 364 g/mol. The molecule has 0 spiro atoms. The van der Waals surface area contributed by atoms with Crippen molar-refractivity contribution in [1.29, 1.82) is 0 Å². The van der Waals surface area contributed by atoms with E-state index in [4.69, 9.17) is 8.37 Å². The fraction of sp³-hybridized carbons (Fsp3) is 0.250. The molecule has 2 atom stereocenters. The number of nitrogens with zero attached hydrogens (tertiary/aromatic N) is 2. The summed E-state index contributed by atoms with van der Waals surface area (Å²) < 4.78 is 11.0. The summed E-state index contributed by atoms with van der Waals surface area (Å²) in [6.07, 6.45) is -0.648. The third-order valence-electron chi connectivity index (χ3n) is 3.51. The van der Waals surface area contributed by atoms with Crippen molar-refractivity contribution < 1.29 is 18.2 Å². The molecule has 0 aliphatic rings. The van der Waals surface area contributed by atoms with E-state index in [2.05, 4.69) is 0 Å². The van der Waals surface area contributed by atoms with E-state index in [1.807, 2.05) is 0 Å². The standard InChI is InChI=1S/C16H16N2O6S/c1-11(13-3-7-15(8-4-13)17(19)20)23-25-24-12(2)14-5-9-16(10-6-14)18(21)22/h3-12H,1-2H3. The van der Waals surface area contributed by atoms with Crippen molar-refractivity contribution in [3.05, 3.63) is 79.9 Å². The lowest BCUT2D eigenvalue weighted by molar-refractivity contribution is -0.385. The molecule has 8 nitrogen and oxygen atoms in total. The summed E-state index contributed by atoms with van der Waals surface area (Å²) in [7, 11) is 0. The quantitative estimate of drug-likeness (QED) is 0.372. The van der Waals surface area contributed by atoms with Gasteiger partial charge in [0, 0.05) is 24.3 Å². The second-order valence-corrected chi connectivity index (χ2v) is 5.76. The van der Waals surface area contributed by atoms with Gasteiger partial charge in [-0.25, -0.2) is 0 Å². The van der Waals surface area contributed by atoms with Crippen LogP contribution in [0.5, 0.6) is 0 Å². The Kier molecular flexibility index (Phi) is 6.45. The predicted molar refractivity (Wildman–Crippen MR) is 92.8 cm³/mol. The minimum atomic E-state index is -0.459. The Morgan fingerprint density at radius 3 is 1.36 bits per heavy atom. The van der Waals surface area contributed by atoms with Gasteiger partial charge in [-0.2, -0.15) is 0 Å². The zero-order valence-electron chi connectivity index (χ0n) is 13.5. The van der Waals surface area contributed by atoms with Crippen LogP contribution in [0.25, 0.3) is 0 Å². The van der Waals surface area contributed by atoms with Crippen LogP contribution in [0, 0.1) is 20.2 Å². The molecule has 0 heterocycles. The summed E-state index contributed by atoms with van der Waals surface area (Å²) in [4.78, 5) is 20.4. The fourth-order valence-electron chi connectivity index (χ4n) is 1.99. The first kappa shape index (κ1) is 18.8. The van der Waals surface area contributed by atoms with Crippen LogP contribution in [-0.2, 0) is 8.37 Å². The minimum absolute atomic E-state index is 0.0200. The summed E-state index contributed by atoms with van der Waals surface area (Å²) in [5.74, 6) is 0. The molecule has 0 amide bonds. The Morgan fingerprint density at radius 1 is 0.760 bits per heavy atom. The second-order valence-electron chi connectivity index (χ2n) is 5.24. The van der Waals surface area contributed by atoms with Crippen LogP contribution >= 0.6 is 12.3 Å². The lowest BCUT2D eigenvalue weighted by atomic mass is 10.1. The number of nitro groups is 2. The molecule has 0 aliphatic carbocycles. The van der Waals surface area contributed by atoms with Crippen LogP contribution in [0.2, 0.25) is 0 Å². The summed E-state index contributed by atoms with van der Waals surface area (Å²) in [5, 5.41) is 21.3. The van der Waals surface area contributed by atoms with E-state index >= 15 is 0 Å². The van der Waals surface area contributed by atoms with E-state index in [1.165, 1.54) is 24.3 Å². The van der Waals surface area contributed by atoms with Gasteiger partial charge in [-0.15, -0.1) is 0 Å². The van der Waals surface area contributed by atoms with Gasteiger partial charge in [0.15, 0.2) is 12.3 Å². The van der Waals surface area contributed by atoms with Crippen LogP contribution < -0.4 is 0 Å². The minimum Gasteiger partial charge on any atom is -0.283 e. The number of benzene rings is 2. The van der Waals surface area contributed by atoms with Crippen LogP contribution in [-0.4, -0.2) is 9.85 Å². The summed E-state index contributed by atoms with van der Waals surface area (Å²) in [6, 6.07) is 12.2. The molecular formula is C16H16N2O6S. The van der Waals surface area contributed by atoms with Gasteiger partial charge in [0.25, 0.3) is 11.4 Å². The maximum Gasteiger partial charge on any atom is 0.269 e. The Morgan fingerprint density at radius 2 is 1.08 bits per heavy atom. The highest BCUT2D eigenvalue weighted by molar-refractivity contribution is 7.89. The maximum absolute atomic E-state index is 10.6. The summed E-state index contributed by atoms with van der Waals surface area (Å²) >= 11 is 0.812. The lowest BCUT2D eigenvalue weighted by Crippen LogP contribution is -1.99. The average Bonchev–Trinajstić information content (AvgIpc) is 2.61. The molecule has 0 aliphatic heterocycles. The molecule has 0 radical (unpaired) electrons. The first-order chi connectivity index (χ1) is 11.9. The van der Waals surface area contributed by atoms with Crippen molar-refractivity contribution >= 4 is 23.7 Å². The molecule has 0 bridgehead atoms. The first-order valence-electron chi connectivity index (χ1n) is 7.36. The molecule has 0 aromatic heterocycles. The second kappa shape index (κ2) is 8.56. The van der Waals surface area contributed by atoms with Gasteiger partial charge in [-0.05, 0) is 49.2 Å². The normalized spacial score (nSPS) is 13.2. The van der Waals surface area contributed by atoms with E-state index in [-0.39, 0.29) is 23.6 Å². The molecule has 0 saturated heterocycles. The van der Waals surface area contributed by atoms with Crippen molar-refractivity contribution in [3.8, 4) is 0 Å². The number of hydrogen-bond acceptors (Lipinski definition) is 7. The van der Waals surface area contributed by atoms with Crippen molar-refractivity contribution in [2.75, 3.05) is 0 Å². The third kappa shape index (κ3) is 5.24. The predicted octanol–water partition coefficient (Wildman–Crippen LogP) is 4.92. The summed E-state index contributed by atoms with van der Waals surface area (Å²) in [5.41, 5.74) is 1.60. The van der Waals surface area contributed by atoms with Gasteiger partial charge < -0.3 is 0 Å². The zero-order chi connectivity index (χ0) is 18.4. The molecule has 25 heavy (non-hydrogen) atoms. The largest absolute Gasteiger partial charge is 0.283 e. The van der Waals surface area contributed by atoms with Crippen molar-refractivity contribution in [3.63, 3.8) is 0 Å². The lowest BCUT2D eigenvalue weighted by Gasteiger charge is -2.15. The number of rotatable bonds is 8. The van der Waals surface area contributed by atoms with Gasteiger partial charge in [-0.1, -0.05) is 0 Å². The monoisotopic (exact) mass is 364 g/mol. The SMILES string of the molecule is CC(OSOC(C)c1ccc([N+](=O)[O-])cc1)c1ccc([N+](=O)[O-])cc1. The summed E-state index contributed by atoms with van der Waals surface area (Å²) in [6.45, 7) is 3.60. The molecule has 2 aromatic carbocycles. The smallest absolute Gasteiger partial charge is 0.269 e. The molecule has 0 fully saturated rings. The Hall–Kier alpha value is -2.49. The molecular weight excluding hydrogens is 348 g/mol. The van der Waals surface area contributed by atoms with Gasteiger partial charge in [0.1, 0.15) is 0 Å². The van der Waals surface area contributed by atoms with Crippen LogP contribution in [0.3, 0.4) is 0 Å². The molecule has 9 heteroatoms. The third-order valence-corrected chi connectivity index (χ3v) is 4.25. The Balaban J connectivity index is 1.84. The highest BCUT2D eigenvalue weighted by atomic mass is 32.2. The van der Waals surface area contributed by atoms with Crippen LogP contribution in [0.1, 0.15) is 37.2 Å². The Bertz CT molecular complexity index is 672. The molecule has 2 rings (SSSR count). The molecule has 132 valence electrons. The molecule has 0 saturated carbocycles. The van der Waals surface area contributed by atoms with E-state index in [9.17, 15) is 20.2 Å². The van der Waals surface area contributed by atoms with Crippen molar-refractivity contribution in [2.45, 2.75) is 26.1 Å². The topological polar surface area (TPSA) is 105 Å². The van der Waals surface area contributed by atoms with Crippen LogP contribution in [0.4, 0.5) is 11.4 Å². The molecule has 2 unspecified atom stereocenters. The van der Waals surface area contributed by atoms with E-state index < -0.39 is 9.85 Å². The Labute approximate surface area is 148 Å². The number of nitro benzene ring substituents is 2. The maximum atomic E-state index is 10.6. The van der Waals surface area contributed by atoms with E-state index in [0.717, 1.165) is 23.5 Å². The first-order valence-corrected chi connectivity index (χ1v) is 8.02. The van der Waals surface area contributed by atoms with Gasteiger partial charge >= 0.3 is 0 Å². The van der Waals surface area contributed by atoms with Gasteiger partial charge in [-0.3, -0.25) is 28.6 Å². The molecule has 2 aromatic rings. The van der Waals surface area contributed by atoms with Crippen LogP contribution in [0.15, 0.2) is 48.5 Å². The number of hydrogen-bond donors (Lipinski definition) is 0. The van der Waals surface area contributed by atoms with E-state index in [0.29, 0.717) is 0 Å². The van der Waals surface area contributed by atoms with Crippen molar-refractivity contribution in [1.82, 2.24) is 0 Å². The number of non-ortho nitro benzene ring substituents is 2. The molecule has 0 N–H and O–H groups in total. The fourth-order valence-corrected chi connectivity index (χ4v) is 2.49. The van der Waals surface area contributed by atoms with Gasteiger partial charge in [0.05, 0.1) is 22.1 Å².